The Morgan fingerprint density at radius 2 is 1.91 bits per heavy atom. The van der Waals surface area contributed by atoms with E-state index in [9.17, 15) is 14.9 Å². The molecule has 5 rings (SSSR count). The zero-order valence-corrected chi connectivity index (χ0v) is 19.2. The maximum absolute atomic E-state index is 13.2. The van der Waals surface area contributed by atoms with Crippen molar-refractivity contribution in [1.82, 2.24) is 15.2 Å². The van der Waals surface area contributed by atoms with Crippen LogP contribution in [0.1, 0.15) is 71.8 Å². The van der Waals surface area contributed by atoms with Crippen molar-refractivity contribution < 1.29 is 9.72 Å². The fraction of sp³-hybridized carbons (Fsp3) is 0.538. The van der Waals surface area contributed by atoms with Gasteiger partial charge in [-0.25, -0.2) is 0 Å². The standard InChI is InChI=1S/C26H32N4O3/c1-17-6-9-22(26(31)28-23-15-18-7-8-20(23)14-18)25(27-17)19-10-12-29(13-11-19)16-21-4-2-3-5-24(21)30(32)33/h2-6,9,18-20,23H,7-8,10-16H2,1H3,(H,28,31). The van der Waals surface area contributed by atoms with Crippen LogP contribution in [-0.2, 0) is 6.54 Å². The highest BCUT2D eigenvalue weighted by atomic mass is 16.6. The monoisotopic (exact) mass is 448 g/mol. The van der Waals surface area contributed by atoms with Crippen LogP contribution in [0.3, 0.4) is 0 Å². The Bertz CT molecular complexity index is 1050. The van der Waals surface area contributed by atoms with E-state index in [0.29, 0.717) is 18.5 Å². The minimum Gasteiger partial charge on any atom is -0.349 e. The number of carbonyl (C=O) groups is 1. The molecule has 2 aromatic rings. The molecule has 3 unspecified atom stereocenters. The van der Waals surface area contributed by atoms with Crippen LogP contribution in [0.25, 0.3) is 0 Å². The van der Waals surface area contributed by atoms with Crippen LogP contribution < -0.4 is 5.32 Å². The van der Waals surface area contributed by atoms with E-state index in [2.05, 4.69) is 10.2 Å². The lowest BCUT2D eigenvalue weighted by Crippen LogP contribution is -2.39. The summed E-state index contributed by atoms with van der Waals surface area (Å²) in [6, 6.07) is 11.2. The molecule has 1 aliphatic heterocycles. The number of para-hydroxylation sites is 1. The molecule has 7 heteroatoms. The predicted molar refractivity (Wildman–Crippen MR) is 126 cm³/mol. The summed E-state index contributed by atoms with van der Waals surface area (Å²) in [4.78, 5) is 31.4. The molecule has 2 saturated carbocycles. The van der Waals surface area contributed by atoms with Crippen molar-refractivity contribution in [3.05, 3.63) is 69.0 Å². The van der Waals surface area contributed by atoms with Crippen molar-refractivity contribution in [2.24, 2.45) is 11.8 Å². The van der Waals surface area contributed by atoms with E-state index >= 15 is 0 Å². The Morgan fingerprint density at radius 1 is 1.12 bits per heavy atom. The number of aromatic nitrogens is 1. The van der Waals surface area contributed by atoms with E-state index in [-0.39, 0.29) is 22.4 Å². The van der Waals surface area contributed by atoms with Crippen LogP contribution in [0, 0.1) is 28.9 Å². The minimum atomic E-state index is -0.306. The third-order valence-corrected chi connectivity index (χ3v) is 7.92. The van der Waals surface area contributed by atoms with Crippen LogP contribution in [0.5, 0.6) is 0 Å². The summed E-state index contributed by atoms with van der Waals surface area (Å²) in [5.41, 5.74) is 3.51. The van der Waals surface area contributed by atoms with E-state index < -0.39 is 0 Å². The number of pyridine rings is 1. The fourth-order valence-corrected chi connectivity index (χ4v) is 6.18. The van der Waals surface area contributed by atoms with Crippen LogP contribution in [0.2, 0.25) is 0 Å². The zero-order chi connectivity index (χ0) is 22.9. The highest BCUT2D eigenvalue weighted by molar-refractivity contribution is 5.95. The SMILES string of the molecule is Cc1ccc(C(=O)NC2CC3CCC2C3)c(C2CCN(Cc3ccccc3[N+](=O)[O-])CC2)n1. The van der Waals surface area contributed by atoms with Gasteiger partial charge in [-0.2, -0.15) is 0 Å². The Balaban J connectivity index is 1.25. The largest absolute Gasteiger partial charge is 0.349 e. The van der Waals surface area contributed by atoms with E-state index in [1.54, 1.807) is 12.1 Å². The average molecular weight is 449 g/mol. The summed E-state index contributed by atoms with van der Waals surface area (Å²) in [6.07, 6.45) is 6.74. The number of fused-ring (bicyclic) bond motifs is 2. The fourth-order valence-electron chi connectivity index (χ4n) is 6.18. The molecule has 2 bridgehead atoms. The summed E-state index contributed by atoms with van der Waals surface area (Å²) < 4.78 is 0. The van der Waals surface area contributed by atoms with Gasteiger partial charge in [-0.3, -0.25) is 24.8 Å². The normalized spacial score (nSPS) is 25.3. The molecule has 1 saturated heterocycles. The van der Waals surface area contributed by atoms with E-state index in [1.165, 1.54) is 19.3 Å². The van der Waals surface area contributed by atoms with Gasteiger partial charge < -0.3 is 5.32 Å². The number of nitrogens with one attached hydrogen (secondary N) is 1. The summed E-state index contributed by atoms with van der Waals surface area (Å²) >= 11 is 0. The molecule has 3 fully saturated rings. The number of nitro benzene ring substituents is 1. The first-order valence-electron chi connectivity index (χ1n) is 12.2. The van der Waals surface area contributed by atoms with Crippen LogP contribution in [-0.4, -0.2) is 39.8 Å². The van der Waals surface area contributed by atoms with Gasteiger partial charge in [0.05, 0.1) is 16.2 Å². The summed E-state index contributed by atoms with van der Waals surface area (Å²) in [7, 11) is 0. The molecule has 1 amide bonds. The van der Waals surface area contributed by atoms with Crippen molar-refractivity contribution in [3.63, 3.8) is 0 Å². The molecule has 3 atom stereocenters. The van der Waals surface area contributed by atoms with Gasteiger partial charge >= 0.3 is 0 Å². The topological polar surface area (TPSA) is 88.4 Å². The van der Waals surface area contributed by atoms with E-state index in [1.807, 2.05) is 31.2 Å². The number of nitro groups is 1. The number of hydrogen-bond donors (Lipinski definition) is 1. The van der Waals surface area contributed by atoms with Gasteiger partial charge in [0.15, 0.2) is 0 Å². The van der Waals surface area contributed by atoms with Gasteiger partial charge in [0.2, 0.25) is 0 Å². The third kappa shape index (κ3) is 4.64. The van der Waals surface area contributed by atoms with Crippen molar-refractivity contribution in [1.29, 1.82) is 0 Å². The first kappa shape index (κ1) is 22.0. The lowest BCUT2D eigenvalue weighted by Gasteiger charge is -2.32. The number of likely N-dealkylation sites (tertiary alicyclic amines) is 1. The highest BCUT2D eigenvalue weighted by Crippen LogP contribution is 2.44. The molecular weight excluding hydrogens is 416 g/mol. The number of amides is 1. The summed E-state index contributed by atoms with van der Waals surface area (Å²) in [5, 5.41) is 14.7. The van der Waals surface area contributed by atoms with Gasteiger partial charge in [-0.1, -0.05) is 24.6 Å². The maximum Gasteiger partial charge on any atom is 0.273 e. The number of nitrogens with zero attached hydrogens (tertiary/aromatic N) is 3. The predicted octanol–water partition coefficient (Wildman–Crippen LogP) is 4.60. The molecule has 0 spiro atoms. The molecule has 7 nitrogen and oxygen atoms in total. The Labute approximate surface area is 194 Å². The smallest absolute Gasteiger partial charge is 0.273 e. The quantitative estimate of drug-likeness (QED) is 0.516. The summed E-state index contributed by atoms with van der Waals surface area (Å²) in [5.74, 6) is 1.69. The van der Waals surface area contributed by atoms with Gasteiger partial charge in [-0.05, 0) is 76.1 Å². The molecular formula is C26H32N4O3. The second-order valence-electron chi connectivity index (χ2n) is 10.1. The molecule has 1 aromatic heterocycles. The molecule has 0 radical (unpaired) electrons. The van der Waals surface area contributed by atoms with Gasteiger partial charge in [0.1, 0.15) is 0 Å². The minimum absolute atomic E-state index is 0.0254. The Hall–Kier alpha value is -2.80. The molecule has 1 aromatic carbocycles. The van der Waals surface area contributed by atoms with Gasteiger partial charge in [0, 0.05) is 35.8 Å². The number of carbonyl (C=O) groups excluding carboxylic acids is 1. The van der Waals surface area contributed by atoms with Crippen molar-refractivity contribution in [3.8, 4) is 0 Å². The van der Waals surface area contributed by atoms with E-state index in [0.717, 1.165) is 60.8 Å². The first-order chi connectivity index (χ1) is 16.0. The molecule has 1 N–H and O–H groups in total. The lowest BCUT2D eigenvalue weighted by molar-refractivity contribution is -0.385. The van der Waals surface area contributed by atoms with E-state index in [4.69, 9.17) is 4.98 Å². The van der Waals surface area contributed by atoms with Crippen LogP contribution >= 0.6 is 0 Å². The Kier molecular flexibility index (Phi) is 6.15. The van der Waals surface area contributed by atoms with Gasteiger partial charge in [-0.15, -0.1) is 0 Å². The molecule has 33 heavy (non-hydrogen) atoms. The van der Waals surface area contributed by atoms with Crippen molar-refractivity contribution in [2.75, 3.05) is 13.1 Å². The second-order valence-corrected chi connectivity index (χ2v) is 10.1. The maximum atomic E-state index is 13.2. The summed E-state index contributed by atoms with van der Waals surface area (Å²) in [6.45, 7) is 4.22. The average Bonchev–Trinajstić information content (AvgIpc) is 3.43. The number of piperidine rings is 1. The van der Waals surface area contributed by atoms with Crippen LogP contribution in [0.15, 0.2) is 36.4 Å². The van der Waals surface area contributed by atoms with Crippen LogP contribution in [0.4, 0.5) is 5.69 Å². The number of benzene rings is 1. The molecule has 2 aliphatic carbocycles. The molecule has 174 valence electrons. The second kappa shape index (κ2) is 9.21. The van der Waals surface area contributed by atoms with Gasteiger partial charge in [0.25, 0.3) is 11.6 Å². The molecule has 2 heterocycles. The zero-order valence-electron chi connectivity index (χ0n) is 19.2. The van der Waals surface area contributed by atoms with Crippen molar-refractivity contribution in [2.45, 2.75) is 64.0 Å². The first-order valence-corrected chi connectivity index (χ1v) is 12.2. The molecule has 3 aliphatic rings. The lowest BCUT2D eigenvalue weighted by atomic mass is 9.89. The number of aryl methyl sites for hydroxylation is 1. The Morgan fingerprint density at radius 3 is 2.61 bits per heavy atom. The highest BCUT2D eigenvalue weighted by Gasteiger charge is 2.40. The number of hydrogen-bond acceptors (Lipinski definition) is 5. The number of rotatable bonds is 6. The van der Waals surface area contributed by atoms with Crippen molar-refractivity contribution >= 4 is 11.6 Å². The third-order valence-electron chi connectivity index (χ3n) is 7.92.